The molecule has 6 nitrogen and oxygen atoms in total. The quantitative estimate of drug-likeness (QED) is 0.506. The van der Waals surface area contributed by atoms with Crippen LogP contribution < -0.4 is 9.04 Å². The fourth-order valence-electron chi connectivity index (χ4n) is 2.11. The van der Waals surface area contributed by atoms with Gasteiger partial charge < -0.3 is 9.47 Å². The van der Waals surface area contributed by atoms with Crippen LogP contribution in [0, 0.1) is 0 Å². The highest BCUT2D eigenvalue weighted by atomic mass is 35.5. The molecule has 0 N–H and O–H groups in total. The maximum atomic E-state index is 13.0. The van der Waals surface area contributed by atoms with Crippen LogP contribution in [0.4, 0.5) is 5.69 Å². The topological polar surface area (TPSA) is 72.9 Å². The summed E-state index contributed by atoms with van der Waals surface area (Å²) in [5, 5.41) is 0.406. The zero-order valence-corrected chi connectivity index (χ0v) is 15.7. The maximum absolute atomic E-state index is 13.0. The van der Waals surface area contributed by atoms with Gasteiger partial charge in [-0.3, -0.25) is 9.10 Å². The van der Waals surface area contributed by atoms with Crippen molar-refractivity contribution in [2.45, 2.75) is 4.90 Å². The molecule has 2 aromatic rings. The van der Waals surface area contributed by atoms with Crippen molar-refractivity contribution in [3.63, 3.8) is 0 Å². The summed E-state index contributed by atoms with van der Waals surface area (Å²) in [4.78, 5) is 11.8. The normalized spacial score (nSPS) is 10.8. The Balaban J connectivity index is 2.47. The second-order valence-electron chi connectivity index (χ2n) is 5.14. The zero-order chi connectivity index (χ0) is 19.2. The molecule has 26 heavy (non-hydrogen) atoms. The third kappa shape index (κ3) is 4.77. The molecule has 0 aliphatic carbocycles. The van der Waals surface area contributed by atoms with Gasteiger partial charge in [0.05, 0.1) is 17.7 Å². The Morgan fingerprint density at radius 2 is 1.92 bits per heavy atom. The third-order valence-corrected chi connectivity index (χ3v) is 5.42. The number of sulfonamides is 1. The standard InChI is InChI=1S/C18H18ClNO5S/c1-3-11-25-16-6-4-5-15(12-16)20(13-18(21)24-2)26(22,23)17-9-7-14(19)8-10-17/h3-10,12H,1,11,13H2,2H3. The zero-order valence-electron chi connectivity index (χ0n) is 14.1. The van der Waals surface area contributed by atoms with Gasteiger partial charge in [0.1, 0.15) is 18.9 Å². The average Bonchev–Trinajstić information content (AvgIpc) is 2.64. The Labute approximate surface area is 157 Å². The Morgan fingerprint density at radius 1 is 1.23 bits per heavy atom. The lowest BCUT2D eigenvalue weighted by atomic mass is 10.3. The van der Waals surface area contributed by atoms with Crippen LogP contribution in [0.3, 0.4) is 0 Å². The molecule has 0 saturated heterocycles. The van der Waals surface area contributed by atoms with Gasteiger partial charge in [-0.1, -0.05) is 30.3 Å². The van der Waals surface area contributed by atoms with E-state index in [2.05, 4.69) is 11.3 Å². The summed E-state index contributed by atoms with van der Waals surface area (Å²) >= 11 is 5.83. The number of halogens is 1. The predicted octanol–water partition coefficient (Wildman–Crippen LogP) is 3.27. The molecule has 138 valence electrons. The fraction of sp³-hybridized carbons (Fsp3) is 0.167. The van der Waals surface area contributed by atoms with Gasteiger partial charge in [0, 0.05) is 11.1 Å². The van der Waals surface area contributed by atoms with E-state index < -0.39 is 22.5 Å². The second kappa shape index (κ2) is 8.73. The Hall–Kier alpha value is -2.51. The Kier molecular flexibility index (Phi) is 6.65. The molecule has 2 aromatic carbocycles. The first-order chi connectivity index (χ1) is 12.4. The van der Waals surface area contributed by atoms with Crippen molar-refractivity contribution < 1.29 is 22.7 Å². The summed E-state index contributed by atoms with van der Waals surface area (Å²) in [5.74, 6) is -0.247. The van der Waals surface area contributed by atoms with Gasteiger partial charge in [-0.15, -0.1) is 0 Å². The number of methoxy groups -OCH3 is 1. The van der Waals surface area contributed by atoms with Crippen LogP contribution >= 0.6 is 11.6 Å². The second-order valence-corrected chi connectivity index (χ2v) is 7.44. The van der Waals surface area contributed by atoms with Crippen LogP contribution in [0.1, 0.15) is 0 Å². The van der Waals surface area contributed by atoms with Gasteiger partial charge in [-0.05, 0) is 36.4 Å². The van der Waals surface area contributed by atoms with E-state index in [-0.39, 0.29) is 17.2 Å². The van der Waals surface area contributed by atoms with E-state index in [4.69, 9.17) is 16.3 Å². The molecule has 0 aliphatic heterocycles. The molecule has 0 amide bonds. The van der Waals surface area contributed by atoms with E-state index >= 15 is 0 Å². The van der Waals surface area contributed by atoms with Gasteiger partial charge in [0.2, 0.25) is 0 Å². The fourth-order valence-corrected chi connectivity index (χ4v) is 3.64. The van der Waals surface area contributed by atoms with Crippen molar-refractivity contribution in [3.8, 4) is 5.75 Å². The molecule has 0 aromatic heterocycles. The van der Waals surface area contributed by atoms with Gasteiger partial charge in [-0.25, -0.2) is 8.42 Å². The molecule has 0 radical (unpaired) electrons. The first kappa shape index (κ1) is 19.8. The van der Waals surface area contributed by atoms with Crippen LogP contribution in [0.5, 0.6) is 5.75 Å². The molecule has 0 heterocycles. The third-order valence-electron chi connectivity index (χ3n) is 3.38. The molecule has 8 heteroatoms. The first-order valence-corrected chi connectivity index (χ1v) is 9.39. The molecule has 0 aliphatic rings. The van der Waals surface area contributed by atoms with Crippen LogP contribution in [-0.4, -0.2) is 34.6 Å². The number of ether oxygens (including phenoxy) is 2. The van der Waals surface area contributed by atoms with Crippen molar-refractivity contribution in [1.29, 1.82) is 0 Å². The van der Waals surface area contributed by atoms with Crippen LogP contribution in [0.15, 0.2) is 66.1 Å². The molecular weight excluding hydrogens is 378 g/mol. The summed E-state index contributed by atoms with van der Waals surface area (Å²) in [6, 6.07) is 12.1. The van der Waals surface area contributed by atoms with Crippen LogP contribution in [0.2, 0.25) is 5.02 Å². The van der Waals surface area contributed by atoms with Gasteiger partial charge >= 0.3 is 5.97 Å². The minimum absolute atomic E-state index is 0.00298. The van der Waals surface area contributed by atoms with Crippen molar-refractivity contribution in [1.82, 2.24) is 0 Å². The lowest BCUT2D eigenvalue weighted by Crippen LogP contribution is -2.36. The van der Waals surface area contributed by atoms with Crippen LogP contribution in [0.25, 0.3) is 0 Å². The van der Waals surface area contributed by atoms with E-state index in [0.29, 0.717) is 10.8 Å². The highest BCUT2D eigenvalue weighted by Gasteiger charge is 2.27. The number of esters is 1. The summed E-state index contributed by atoms with van der Waals surface area (Å²) in [7, 11) is -2.82. The average molecular weight is 396 g/mol. The highest BCUT2D eigenvalue weighted by molar-refractivity contribution is 7.92. The smallest absolute Gasteiger partial charge is 0.326 e. The molecule has 0 atom stereocenters. The highest BCUT2D eigenvalue weighted by Crippen LogP contribution is 2.27. The molecule has 0 saturated carbocycles. The summed E-state index contributed by atoms with van der Waals surface area (Å²) in [5.41, 5.74) is 0.270. The Morgan fingerprint density at radius 3 is 2.54 bits per heavy atom. The lowest BCUT2D eigenvalue weighted by Gasteiger charge is -2.24. The molecular formula is C18H18ClNO5S. The maximum Gasteiger partial charge on any atom is 0.326 e. The predicted molar refractivity (Wildman–Crippen MR) is 100 cm³/mol. The summed E-state index contributed by atoms with van der Waals surface area (Å²) in [6.07, 6.45) is 1.57. The minimum Gasteiger partial charge on any atom is -0.489 e. The van der Waals surface area contributed by atoms with E-state index in [1.807, 2.05) is 0 Å². The largest absolute Gasteiger partial charge is 0.489 e. The van der Waals surface area contributed by atoms with Gasteiger partial charge in [0.15, 0.2) is 0 Å². The SMILES string of the molecule is C=CCOc1cccc(N(CC(=O)OC)S(=O)(=O)c2ccc(Cl)cc2)c1. The lowest BCUT2D eigenvalue weighted by molar-refractivity contribution is -0.138. The van der Waals surface area contributed by atoms with Gasteiger partial charge in [0.25, 0.3) is 10.0 Å². The van der Waals surface area contributed by atoms with Crippen molar-refractivity contribution in [2.24, 2.45) is 0 Å². The number of hydrogen-bond acceptors (Lipinski definition) is 5. The van der Waals surface area contributed by atoms with E-state index in [1.165, 1.54) is 37.4 Å². The summed E-state index contributed by atoms with van der Waals surface area (Å²) < 4.78 is 37.1. The number of rotatable bonds is 8. The van der Waals surface area contributed by atoms with Crippen molar-refractivity contribution >= 4 is 33.3 Å². The number of hydrogen-bond donors (Lipinski definition) is 0. The first-order valence-electron chi connectivity index (χ1n) is 7.57. The number of benzene rings is 2. The van der Waals surface area contributed by atoms with E-state index in [0.717, 1.165) is 4.31 Å². The van der Waals surface area contributed by atoms with Gasteiger partial charge in [-0.2, -0.15) is 0 Å². The minimum atomic E-state index is -4.02. The van der Waals surface area contributed by atoms with Crippen molar-refractivity contribution in [3.05, 3.63) is 66.2 Å². The molecule has 0 unspecified atom stereocenters. The molecule has 0 fully saturated rings. The number of anilines is 1. The van der Waals surface area contributed by atoms with E-state index in [9.17, 15) is 13.2 Å². The summed E-state index contributed by atoms with van der Waals surface area (Å²) in [6.45, 7) is 3.35. The monoisotopic (exact) mass is 395 g/mol. The number of nitrogens with zero attached hydrogens (tertiary/aromatic N) is 1. The Bertz CT molecular complexity index is 881. The molecule has 2 rings (SSSR count). The van der Waals surface area contributed by atoms with E-state index in [1.54, 1.807) is 24.3 Å². The van der Waals surface area contributed by atoms with Crippen LogP contribution in [-0.2, 0) is 19.6 Å². The molecule has 0 bridgehead atoms. The molecule has 0 spiro atoms. The number of carbonyl (C=O) groups excluding carboxylic acids is 1. The number of carbonyl (C=O) groups is 1. The van der Waals surface area contributed by atoms with Crippen molar-refractivity contribution in [2.75, 3.05) is 24.6 Å².